The second-order valence-corrected chi connectivity index (χ2v) is 5.51. The number of amides is 1. The van der Waals surface area contributed by atoms with Gasteiger partial charge in [-0.25, -0.2) is 4.39 Å². The van der Waals surface area contributed by atoms with Gasteiger partial charge in [0.05, 0.1) is 13.0 Å². The smallest absolute Gasteiger partial charge is 0.223 e. The highest BCUT2D eigenvalue weighted by Gasteiger charge is 2.10. The van der Waals surface area contributed by atoms with Crippen LogP contribution in [-0.2, 0) is 24.4 Å². The molecule has 0 spiro atoms. The molecule has 0 saturated heterocycles. The van der Waals surface area contributed by atoms with Crippen molar-refractivity contribution in [3.63, 3.8) is 0 Å². The van der Waals surface area contributed by atoms with Crippen molar-refractivity contribution in [1.29, 1.82) is 0 Å². The third-order valence-corrected chi connectivity index (χ3v) is 3.81. The van der Waals surface area contributed by atoms with E-state index in [-0.39, 0.29) is 24.7 Å². The zero-order valence-corrected chi connectivity index (χ0v) is 12.8. The second kappa shape index (κ2) is 7.24. The Morgan fingerprint density at radius 3 is 2.87 bits per heavy atom. The van der Waals surface area contributed by atoms with E-state index in [4.69, 9.17) is 4.74 Å². The fourth-order valence-electron chi connectivity index (χ4n) is 2.56. The van der Waals surface area contributed by atoms with Gasteiger partial charge in [0.2, 0.25) is 5.91 Å². The van der Waals surface area contributed by atoms with Crippen LogP contribution in [0.25, 0.3) is 0 Å². The largest absolute Gasteiger partial charge is 0.490 e. The average molecular weight is 314 g/mol. The molecule has 120 valence electrons. The van der Waals surface area contributed by atoms with Gasteiger partial charge in [0, 0.05) is 19.6 Å². The monoisotopic (exact) mass is 314 g/mol. The van der Waals surface area contributed by atoms with Crippen LogP contribution in [0.2, 0.25) is 0 Å². The van der Waals surface area contributed by atoms with E-state index < -0.39 is 5.82 Å². The highest BCUT2D eigenvalue weighted by Crippen LogP contribution is 2.17. The molecule has 0 aliphatic carbocycles. The standard InChI is InChI=1S/C18H19FN2O2/c19-16-3-1-2-4-17(16)23-8-7-18(22)21-10-13-5-6-14-11-20-12-15(14)9-13/h1-6,9,20H,7-8,10-12H2,(H,21,22). The van der Waals surface area contributed by atoms with Crippen molar-refractivity contribution >= 4 is 5.91 Å². The van der Waals surface area contributed by atoms with E-state index in [1.54, 1.807) is 18.2 Å². The summed E-state index contributed by atoms with van der Waals surface area (Å²) in [7, 11) is 0. The van der Waals surface area contributed by atoms with Crippen molar-refractivity contribution in [2.45, 2.75) is 26.1 Å². The maximum Gasteiger partial charge on any atom is 0.223 e. The van der Waals surface area contributed by atoms with Crippen LogP contribution >= 0.6 is 0 Å². The summed E-state index contributed by atoms with van der Waals surface area (Å²) in [6.07, 6.45) is 0.195. The summed E-state index contributed by atoms with van der Waals surface area (Å²) >= 11 is 0. The molecule has 2 aromatic carbocycles. The first-order valence-corrected chi connectivity index (χ1v) is 7.68. The molecule has 1 amide bonds. The minimum Gasteiger partial charge on any atom is -0.490 e. The molecule has 5 heteroatoms. The lowest BCUT2D eigenvalue weighted by molar-refractivity contribution is -0.121. The molecule has 3 rings (SSSR count). The van der Waals surface area contributed by atoms with E-state index in [1.807, 2.05) is 6.07 Å². The van der Waals surface area contributed by atoms with Gasteiger partial charge in [0.1, 0.15) is 0 Å². The number of rotatable bonds is 6. The van der Waals surface area contributed by atoms with Crippen molar-refractivity contribution < 1.29 is 13.9 Å². The highest BCUT2D eigenvalue weighted by molar-refractivity contribution is 5.76. The summed E-state index contributed by atoms with van der Waals surface area (Å²) in [6, 6.07) is 12.4. The fraction of sp³-hybridized carbons (Fsp3) is 0.278. The molecular formula is C18H19FN2O2. The SMILES string of the molecule is O=C(CCOc1ccccc1F)NCc1ccc2c(c1)CNC2. The van der Waals surface area contributed by atoms with Crippen LogP contribution in [0.5, 0.6) is 5.75 Å². The molecule has 2 aromatic rings. The van der Waals surface area contributed by atoms with Crippen molar-refractivity contribution in [2.75, 3.05) is 6.61 Å². The topological polar surface area (TPSA) is 50.4 Å². The number of nitrogens with one attached hydrogen (secondary N) is 2. The number of fused-ring (bicyclic) bond motifs is 1. The van der Waals surface area contributed by atoms with E-state index in [2.05, 4.69) is 22.8 Å². The Bertz CT molecular complexity index is 703. The number of carbonyl (C=O) groups is 1. The molecule has 0 saturated carbocycles. The zero-order valence-electron chi connectivity index (χ0n) is 12.8. The predicted octanol–water partition coefficient (Wildman–Crippen LogP) is 2.51. The van der Waals surface area contributed by atoms with Crippen LogP contribution < -0.4 is 15.4 Å². The maximum absolute atomic E-state index is 13.4. The molecule has 0 aromatic heterocycles. The molecule has 23 heavy (non-hydrogen) atoms. The molecular weight excluding hydrogens is 295 g/mol. The predicted molar refractivity (Wildman–Crippen MR) is 85.3 cm³/mol. The van der Waals surface area contributed by atoms with Gasteiger partial charge in [-0.15, -0.1) is 0 Å². The molecule has 1 aliphatic heterocycles. The van der Waals surface area contributed by atoms with Crippen LogP contribution in [0.3, 0.4) is 0 Å². The maximum atomic E-state index is 13.4. The van der Waals surface area contributed by atoms with Crippen molar-refractivity contribution in [3.05, 3.63) is 65.0 Å². The summed E-state index contributed by atoms with van der Waals surface area (Å²) in [6.45, 7) is 2.44. The number of ether oxygens (including phenoxy) is 1. The lowest BCUT2D eigenvalue weighted by Gasteiger charge is -2.09. The first-order valence-electron chi connectivity index (χ1n) is 7.68. The Labute approximate surface area is 134 Å². The van der Waals surface area contributed by atoms with Gasteiger partial charge in [-0.2, -0.15) is 0 Å². The number of benzene rings is 2. The molecule has 0 bridgehead atoms. The van der Waals surface area contributed by atoms with Gasteiger partial charge in [-0.1, -0.05) is 30.3 Å². The fourth-order valence-corrected chi connectivity index (χ4v) is 2.56. The molecule has 1 heterocycles. The molecule has 0 fully saturated rings. The summed E-state index contributed by atoms with van der Waals surface area (Å²) in [4.78, 5) is 11.8. The molecule has 0 unspecified atom stereocenters. The van der Waals surface area contributed by atoms with Gasteiger partial charge >= 0.3 is 0 Å². The van der Waals surface area contributed by atoms with Gasteiger partial charge < -0.3 is 15.4 Å². The van der Waals surface area contributed by atoms with Gasteiger partial charge in [0.25, 0.3) is 0 Å². The summed E-state index contributed by atoms with van der Waals surface area (Å²) < 4.78 is 18.6. The summed E-state index contributed by atoms with van der Waals surface area (Å²) in [5.74, 6) is -0.356. The number of hydrogen-bond donors (Lipinski definition) is 2. The first kappa shape index (κ1) is 15.5. The lowest BCUT2D eigenvalue weighted by Crippen LogP contribution is -2.24. The Hall–Kier alpha value is -2.40. The Balaban J connectivity index is 1.42. The molecule has 0 atom stereocenters. The molecule has 1 aliphatic rings. The van der Waals surface area contributed by atoms with Crippen LogP contribution in [-0.4, -0.2) is 12.5 Å². The lowest BCUT2D eigenvalue weighted by atomic mass is 10.1. The van der Waals surface area contributed by atoms with E-state index in [9.17, 15) is 9.18 Å². The van der Waals surface area contributed by atoms with Crippen LogP contribution in [0, 0.1) is 5.82 Å². The Morgan fingerprint density at radius 1 is 1.17 bits per heavy atom. The van der Waals surface area contributed by atoms with Crippen molar-refractivity contribution in [2.24, 2.45) is 0 Å². The van der Waals surface area contributed by atoms with E-state index >= 15 is 0 Å². The summed E-state index contributed by atoms with van der Waals surface area (Å²) in [5.41, 5.74) is 3.69. The summed E-state index contributed by atoms with van der Waals surface area (Å²) in [5, 5.41) is 6.15. The van der Waals surface area contributed by atoms with E-state index in [1.165, 1.54) is 17.2 Å². The van der Waals surface area contributed by atoms with E-state index in [0.29, 0.717) is 6.54 Å². The first-order chi connectivity index (χ1) is 11.2. The number of halogens is 1. The second-order valence-electron chi connectivity index (χ2n) is 5.51. The Kier molecular flexibility index (Phi) is 4.88. The highest BCUT2D eigenvalue weighted by atomic mass is 19.1. The van der Waals surface area contributed by atoms with Crippen LogP contribution in [0.4, 0.5) is 4.39 Å². The average Bonchev–Trinajstić information content (AvgIpc) is 3.02. The number of para-hydroxylation sites is 1. The van der Waals surface area contributed by atoms with E-state index in [0.717, 1.165) is 18.7 Å². The number of carbonyl (C=O) groups excluding carboxylic acids is 1. The van der Waals surface area contributed by atoms with Crippen molar-refractivity contribution in [3.8, 4) is 5.75 Å². The van der Waals surface area contributed by atoms with Crippen LogP contribution in [0.1, 0.15) is 23.1 Å². The molecule has 0 radical (unpaired) electrons. The van der Waals surface area contributed by atoms with Gasteiger partial charge in [-0.3, -0.25) is 4.79 Å². The third-order valence-electron chi connectivity index (χ3n) is 3.81. The number of hydrogen-bond acceptors (Lipinski definition) is 3. The molecule has 2 N–H and O–H groups in total. The zero-order chi connectivity index (χ0) is 16.1. The minimum atomic E-state index is -0.417. The normalized spacial score (nSPS) is 12.7. The van der Waals surface area contributed by atoms with Crippen molar-refractivity contribution in [1.82, 2.24) is 10.6 Å². The van der Waals surface area contributed by atoms with Crippen LogP contribution in [0.15, 0.2) is 42.5 Å². The third kappa shape index (κ3) is 4.07. The quantitative estimate of drug-likeness (QED) is 0.861. The van der Waals surface area contributed by atoms with Gasteiger partial charge in [-0.05, 0) is 28.8 Å². The minimum absolute atomic E-state index is 0.111. The Morgan fingerprint density at radius 2 is 2.00 bits per heavy atom. The van der Waals surface area contributed by atoms with Gasteiger partial charge in [0.15, 0.2) is 11.6 Å². The molecule has 4 nitrogen and oxygen atoms in total.